The summed E-state index contributed by atoms with van der Waals surface area (Å²) < 4.78 is 4.91. The molecule has 0 spiro atoms. The predicted octanol–water partition coefficient (Wildman–Crippen LogP) is 0.283. The zero-order valence-electron chi connectivity index (χ0n) is 6.54. The summed E-state index contributed by atoms with van der Waals surface area (Å²) in [5.74, 6) is -0.256. The molecule has 1 atom stereocenters. The first-order valence-corrected chi connectivity index (χ1v) is 3.70. The predicted molar refractivity (Wildman–Crippen MR) is 40.2 cm³/mol. The van der Waals surface area contributed by atoms with E-state index in [2.05, 4.69) is 0 Å². The number of hydrogen-bond donors (Lipinski definition) is 1. The Labute approximate surface area is 65.7 Å². The molecule has 0 saturated carbocycles. The summed E-state index contributed by atoms with van der Waals surface area (Å²) in [5.41, 5.74) is -1.28. The summed E-state index contributed by atoms with van der Waals surface area (Å²) in [5, 5.41) is 9.61. The first-order valence-electron chi connectivity index (χ1n) is 3.70. The van der Waals surface area contributed by atoms with Crippen LogP contribution in [0, 0.1) is 0 Å². The average Bonchev–Trinajstić information content (AvgIpc) is 2.16. The Balaban J connectivity index is 2.80. The van der Waals surface area contributed by atoms with E-state index in [1.807, 2.05) is 0 Å². The van der Waals surface area contributed by atoms with Crippen LogP contribution in [-0.2, 0) is 9.53 Å². The molecule has 0 fully saturated rings. The Morgan fingerprint density at radius 1 is 1.82 bits per heavy atom. The number of ether oxygens (including phenoxy) is 1. The fourth-order valence-corrected chi connectivity index (χ4v) is 0.996. The number of ketones is 1. The highest BCUT2D eigenvalue weighted by atomic mass is 16.5. The van der Waals surface area contributed by atoms with Crippen LogP contribution in [0.15, 0.2) is 12.2 Å². The molecule has 0 aliphatic carbocycles. The highest BCUT2D eigenvalue weighted by Crippen LogP contribution is 2.15. The van der Waals surface area contributed by atoms with Gasteiger partial charge in [-0.05, 0) is 12.5 Å². The smallest absolute Gasteiger partial charge is 0.193 e. The van der Waals surface area contributed by atoms with Crippen LogP contribution in [-0.4, -0.2) is 29.7 Å². The summed E-state index contributed by atoms with van der Waals surface area (Å²) in [6.07, 6.45) is 3.60. The lowest BCUT2D eigenvalue weighted by Gasteiger charge is -2.18. The normalized spacial score (nSPS) is 32.0. The summed E-state index contributed by atoms with van der Waals surface area (Å²) in [7, 11) is 0. The molecule has 1 heterocycles. The largest absolute Gasteiger partial charge is 0.378 e. The van der Waals surface area contributed by atoms with Crippen molar-refractivity contribution < 1.29 is 14.6 Å². The Morgan fingerprint density at radius 2 is 2.55 bits per heavy atom. The van der Waals surface area contributed by atoms with Crippen LogP contribution < -0.4 is 0 Å². The molecular formula is C8H12O3. The standard InChI is InChI=1S/C8H12O3/c1-2-8(10)4-3-5-11-6-7(8)9/h3-4,10H,2,5-6H2,1H3/t8-/m1/s1. The van der Waals surface area contributed by atoms with Crippen molar-refractivity contribution in [2.24, 2.45) is 0 Å². The number of Topliss-reactive ketones (excluding diaryl/α,β-unsaturated/α-hetero) is 1. The summed E-state index contributed by atoms with van der Waals surface area (Å²) in [6.45, 7) is 2.19. The zero-order chi connectivity index (χ0) is 8.32. The van der Waals surface area contributed by atoms with E-state index >= 15 is 0 Å². The topological polar surface area (TPSA) is 46.5 Å². The van der Waals surface area contributed by atoms with Gasteiger partial charge in [-0.15, -0.1) is 0 Å². The van der Waals surface area contributed by atoms with Crippen LogP contribution >= 0.6 is 0 Å². The molecule has 1 aliphatic heterocycles. The molecule has 1 aliphatic rings. The second-order valence-corrected chi connectivity index (χ2v) is 2.62. The maximum Gasteiger partial charge on any atom is 0.193 e. The number of hydrogen-bond acceptors (Lipinski definition) is 3. The molecule has 3 heteroatoms. The molecule has 11 heavy (non-hydrogen) atoms. The fraction of sp³-hybridized carbons (Fsp3) is 0.625. The lowest BCUT2D eigenvalue weighted by molar-refractivity contribution is -0.136. The summed E-state index contributed by atoms with van der Waals surface area (Å²) in [6, 6.07) is 0. The van der Waals surface area contributed by atoms with E-state index in [0.29, 0.717) is 13.0 Å². The first-order chi connectivity index (χ1) is 5.19. The van der Waals surface area contributed by atoms with E-state index in [1.54, 1.807) is 13.0 Å². The van der Waals surface area contributed by atoms with Crippen molar-refractivity contribution in [1.82, 2.24) is 0 Å². The molecule has 62 valence electrons. The van der Waals surface area contributed by atoms with Crippen molar-refractivity contribution in [3.05, 3.63) is 12.2 Å². The lowest BCUT2D eigenvalue weighted by atomic mass is 9.95. The van der Waals surface area contributed by atoms with E-state index in [-0.39, 0.29) is 12.4 Å². The van der Waals surface area contributed by atoms with Gasteiger partial charge >= 0.3 is 0 Å². The number of carbonyl (C=O) groups excluding carboxylic acids is 1. The average molecular weight is 156 g/mol. The Bertz CT molecular complexity index is 186. The Morgan fingerprint density at radius 3 is 3.18 bits per heavy atom. The van der Waals surface area contributed by atoms with Gasteiger partial charge in [-0.3, -0.25) is 4.79 Å². The maximum atomic E-state index is 11.1. The third kappa shape index (κ3) is 1.67. The molecule has 0 amide bonds. The summed E-state index contributed by atoms with van der Waals surface area (Å²) >= 11 is 0. The van der Waals surface area contributed by atoms with Crippen molar-refractivity contribution in [3.63, 3.8) is 0 Å². The van der Waals surface area contributed by atoms with Crippen LogP contribution in [0.3, 0.4) is 0 Å². The van der Waals surface area contributed by atoms with Gasteiger partial charge in [-0.2, -0.15) is 0 Å². The molecule has 3 nitrogen and oxygen atoms in total. The van der Waals surface area contributed by atoms with Crippen LogP contribution in [0.4, 0.5) is 0 Å². The second-order valence-electron chi connectivity index (χ2n) is 2.62. The lowest BCUT2D eigenvalue weighted by Crippen LogP contribution is -2.37. The first kappa shape index (κ1) is 8.43. The number of aliphatic hydroxyl groups is 1. The molecule has 0 radical (unpaired) electrons. The van der Waals surface area contributed by atoms with E-state index in [0.717, 1.165) is 0 Å². The van der Waals surface area contributed by atoms with E-state index in [9.17, 15) is 9.90 Å². The van der Waals surface area contributed by atoms with Crippen molar-refractivity contribution in [3.8, 4) is 0 Å². The van der Waals surface area contributed by atoms with Gasteiger partial charge in [0.05, 0.1) is 6.61 Å². The minimum atomic E-state index is -1.28. The Hall–Kier alpha value is -0.670. The van der Waals surface area contributed by atoms with Gasteiger partial charge in [0.15, 0.2) is 5.78 Å². The van der Waals surface area contributed by atoms with Gasteiger partial charge < -0.3 is 9.84 Å². The maximum absolute atomic E-state index is 11.1. The number of rotatable bonds is 1. The molecule has 0 saturated heterocycles. The third-order valence-corrected chi connectivity index (χ3v) is 1.86. The van der Waals surface area contributed by atoms with Crippen LogP contribution in [0.25, 0.3) is 0 Å². The molecule has 0 aromatic carbocycles. The summed E-state index contributed by atoms with van der Waals surface area (Å²) in [4.78, 5) is 11.1. The van der Waals surface area contributed by atoms with Gasteiger partial charge in [0.1, 0.15) is 12.2 Å². The second kappa shape index (κ2) is 3.15. The highest BCUT2D eigenvalue weighted by molar-refractivity contribution is 5.90. The van der Waals surface area contributed by atoms with Gasteiger partial charge in [-0.1, -0.05) is 13.0 Å². The molecule has 1 N–H and O–H groups in total. The van der Waals surface area contributed by atoms with E-state index in [1.165, 1.54) is 6.08 Å². The third-order valence-electron chi connectivity index (χ3n) is 1.86. The molecule has 0 aromatic heterocycles. The molecule has 1 rings (SSSR count). The van der Waals surface area contributed by atoms with Crippen LogP contribution in [0.2, 0.25) is 0 Å². The minimum absolute atomic E-state index is 0.0112. The van der Waals surface area contributed by atoms with Crippen LogP contribution in [0.5, 0.6) is 0 Å². The highest BCUT2D eigenvalue weighted by Gasteiger charge is 2.31. The van der Waals surface area contributed by atoms with Gasteiger partial charge in [-0.25, -0.2) is 0 Å². The van der Waals surface area contributed by atoms with Crippen molar-refractivity contribution >= 4 is 5.78 Å². The van der Waals surface area contributed by atoms with E-state index < -0.39 is 5.60 Å². The van der Waals surface area contributed by atoms with Crippen molar-refractivity contribution in [2.75, 3.05) is 13.2 Å². The van der Waals surface area contributed by atoms with Gasteiger partial charge in [0.2, 0.25) is 0 Å². The Kier molecular flexibility index (Phi) is 2.42. The monoisotopic (exact) mass is 156 g/mol. The van der Waals surface area contributed by atoms with Gasteiger partial charge in [0, 0.05) is 0 Å². The molecular weight excluding hydrogens is 144 g/mol. The fourth-order valence-electron chi connectivity index (χ4n) is 0.996. The van der Waals surface area contributed by atoms with Crippen molar-refractivity contribution in [1.29, 1.82) is 0 Å². The van der Waals surface area contributed by atoms with Crippen molar-refractivity contribution in [2.45, 2.75) is 18.9 Å². The van der Waals surface area contributed by atoms with E-state index in [4.69, 9.17) is 4.74 Å². The van der Waals surface area contributed by atoms with Crippen LogP contribution in [0.1, 0.15) is 13.3 Å². The number of carbonyl (C=O) groups is 1. The molecule has 0 unspecified atom stereocenters. The zero-order valence-corrected chi connectivity index (χ0v) is 6.54. The molecule has 0 aromatic rings. The SMILES string of the molecule is CC[C@@]1(O)C=CCOCC1=O. The minimum Gasteiger partial charge on any atom is -0.378 e. The quantitative estimate of drug-likeness (QED) is 0.555. The molecule has 0 bridgehead atoms. The van der Waals surface area contributed by atoms with Gasteiger partial charge in [0.25, 0.3) is 0 Å².